The van der Waals surface area contributed by atoms with Gasteiger partial charge in [0.1, 0.15) is 0 Å². The zero-order valence-electron chi connectivity index (χ0n) is 10.9. The molecule has 0 aromatic heterocycles. The average Bonchev–Trinajstić information content (AvgIpc) is 2.35. The van der Waals surface area contributed by atoms with Gasteiger partial charge in [-0.3, -0.25) is 0 Å². The molecule has 1 aliphatic carbocycles. The summed E-state index contributed by atoms with van der Waals surface area (Å²) >= 11 is 0. The number of hydrogen-bond donors (Lipinski definition) is 1. The van der Waals surface area contributed by atoms with Gasteiger partial charge in [-0.25, -0.2) is 0 Å². The Balaban J connectivity index is 2.50. The molecule has 0 heterocycles. The number of rotatable bonds is 7. The van der Waals surface area contributed by atoms with E-state index in [9.17, 15) is 0 Å². The third-order valence-corrected chi connectivity index (χ3v) is 3.84. The minimum absolute atomic E-state index is 0.380. The molecule has 0 aromatic carbocycles. The Bertz CT molecular complexity index is 187. The fourth-order valence-corrected chi connectivity index (χ4v) is 2.92. The van der Waals surface area contributed by atoms with Crippen LogP contribution in [0.2, 0.25) is 0 Å². The summed E-state index contributed by atoms with van der Waals surface area (Å²) in [6.07, 6.45) is 11.4. The van der Waals surface area contributed by atoms with Crippen LogP contribution in [-0.4, -0.2) is 26.3 Å². The van der Waals surface area contributed by atoms with E-state index in [-0.39, 0.29) is 0 Å². The SMILES string of the molecule is C=CCCC(NC)C(OC)C1CCCCC1. The third-order valence-electron chi connectivity index (χ3n) is 3.84. The molecule has 2 heteroatoms. The van der Waals surface area contributed by atoms with E-state index in [4.69, 9.17) is 4.74 Å². The normalized spacial score (nSPS) is 21.6. The maximum absolute atomic E-state index is 5.74. The molecule has 2 unspecified atom stereocenters. The lowest BCUT2D eigenvalue weighted by molar-refractivity contribution is 0.00824. The summed E-state index contributed by atoms with van der Waals surface area (Å²) in [6.45, 7) is 3.80. The lowest BCUT2D eigenvalue weighted by Crippen LogP contribution is -2.44. The monoisotopic (exact) mass is 225 g/mol. The van der Waals surface area contributed by atoms with E-state index in [1.54, 1.807) is 0 Å². The molecule has 1 fully saturated rings. The Labute approximate surface area is 100 Å². The molecule has 0 saturated heterocycles. The van der Waals surface area contributed by atoms with Gasteiger partial charge in [0.05, 0.1) is 6.10 Å². The minimum atomic E-state index is 0.380. The zero-order chi connectivity index (χ0) is 11.8. The van der Waals surface area contributed by atoms with E-state index >= 15 is 0 Å². The van der Waals surface area contributed by atoms with Gasteiger partial charge >= 0.3 is 0 Å². The van der Waals surface area contributed by atoms with Gasteiger partial charge in [0.2, 0.25) is 0 Å². The van der Waals surface area contributed by atoms with Crippen LogP contribution in [0.5, 0.6) is 0 Å². The van der Waals surface area contributed by atoms with Crippen molar-refractivity contribution in [3.8, 4) is 0 Å². The standard InChI is InChI=1S/C14H27NO/c1-4-5-11-13(15-2)14(16-3)12-9-7-6-8-10-12/h4,12-15H,1,5-11H2,2-3H3. The molecule has 2 nitrogen and oxygen atoms in total. The summed E-state index contributed by atoms with van der Waals surface area (Å²) in [5.41, 5.74) is 0. The predicted octanol–water partition coefficient (Wildman–Crippen LogP) is 3.14. The summed E-state index contributed by atoms with van der Waals surface area (Å²) in [6, 6.07) is 0.478. The maximum Gasteiger partial charge on any atom is 0.0752 e. The first-order valence-electron chi connectivity index (χ1n) is 6.64. The molecule has 1 N–H and O–H groups in total. The summed E-state index contributed by atoms with van der Waals surface area (Å²) in [7, 11) is 3.90. The number of hydrogen-bond acceptors (Lipinski definition) is 2. The maximum atomic E-state index is 5.74. The Morgan fingerprint density at radius 2 is 2.06 bits per heavy atom. The van der Waals surface area contributed by atoms with Gasteiger partial charge in [-0.15, -0.1) is 6.58 Å². The number of allylic oxidation sites excluding steroid dienone is 1. The molecule has 0 aromatic rings. The topological polar surface area (TPSA) is 21.3 Å². The second-order valence-electron chi connectivity index (χ2n) is 4.86. The van der Waals surface area contributed by atoms with Crippen molar-refractivity contribution in [2.24, 2.45) is 5.92 Å². The second-order valence-corrected chi connectivity index (χ2v) is 4.86. The number of ether oxygens (including phenoxy) is 1. The van der Waals surface area contributed by atoms with E-state index in [2.05, 4.69) is 11.9 Å². The van der Waals surface area contributed by atoms with Crippen molar-refractivity contribution >= 4 is 0 Å². The lowest BCUT2D eigenvalue weighted by Gasteiger charge is -2.34. The summed E-state index contributed by atoms with van der Waals surface area (Å²) in [4.78, 5) is 0. The van der Waals surface area contributed by atoms with Crippen LogP contribution in [0.25, 0.3) is 0 Å². The Morgan fingerprint density at radius 3 is 2.56 bits per heavy atom. The van der Waals surface area contributed by atoms with Crippen LogP contribution in [0.3, 0.4) is 0 Å². The van der Waals surface area contributed by atoms with Crippen molar-refractivity contribution in [2.45, 2.75) is 57.1 Å². The molecular formula is C14H27NO. The Hall–Kier alpha value is -0.340. The fraction of sp³-hybridized carbons (Fsp3) is 0.857. The van der Waals surface area contributed by atoms with Crippen LogP contribution < -0.4 is 5.32 Å². The first-order chi connectivity index (χ1) is 7.83. The largest absolute Gasteiger partial charge is 0.380 e. The van der Waals surface area contributed by atoms with Crippen LogP contribution in [0.1, 0.15) is 44.9 Å². The molecule has 1 rings (SSSR count). The lowest BCUT2D eigenvalue weighted by atomic mass is 9.81. The van der Waals surface area contributed by atoms with E-state index in [0.717, 1.165) is 18.8 Å². The van der Waals surface area contributed by atoms with E-state index in [1.165, 1.54) is 32.1 Å². The van der Waals surface area contributed by atoms with E-state index < -0.39 is 0 Å². The zero-order valence-corrected chi connectivity index (χ0v) is 10.9. The van der Waals surface area contributed by atoms with E-state index in [0.29, 0.717) is 12.1 Å². The quantitative estimate of drug-likeness (QED) is 0.672. The van der Waals surface area contributed by atoms with Gasteiger partial charge in [-0.1, -0.05) is 25.3 Å². The van der Waals surface area contributed by atoms with Crippen LogP contribution in [0.4, 0.5) is 0 Å². The van der Waals surface area contributed by atoms with Crippen molar-refractivity contribution in [1.29, 1.82) is 0 Å². The number of nitrogens with one attached hydrogen (secondary N) is 1. The highest BCUT2D eigenvalue weighted by Crippen LogP contribution is 2.30. The van der Waals surface area contributed by atoms with Crippen LogP contribution in [-0.2, 0) is 4.74 Å². The van der Waals surface area contributed by atoms with Gasteiger partial charge in [0, 0.05) is 13.2 Å². The molecule has 0 spiro atoms. The van der Waals surface area contributed by atoms with Gasteiger partial charge < -0.3 is 10.1 Å². The second kappa shape index (κ2) is 7.86. The van der Waals surface area contributed by atoms with Crippen molar-refractivity contribution in [3.05, 3.63) is 12.7 Å². The highest BCUT2D eigenvalue weighted by molar-refractivity contribution is 4.85. The molecule has 94 valence electrons. The van der Waals surface area contributed by atoms with Crippen LogP contribution in [0.15, 0.2) is 12.7 Å². The molecular weight excluding hydrogens is 198 g/mol. The van der Waals surface area contributed by atoms with Gasteiger partial charge in [0.15, 0.2) is 0 Å². The molecule has 0 bridgehead atoms. The summed E-state index contributed by atoms with van der Waals surface area (Å²) in [5.74, 6) is 0.751. The summed E-state index contributed by atoms with van der Waals surface area (Å²) < 4.78 is 5.74. The molecule has 0 aliphatic heterocycles. The molecule has 2 atom stereocenters. The first-order valence-corrected chi connectivity index (χ1v) is 6.64. The minimum Gasteiger partial charge on any atom is -0.380 e. The molecule has 0 radical (unpaired) electrons. The molecule has 0 amide bonds. The highest BCUT2D eigenvalue weighted by Gasteiger charge is 2.29. The smallest absolute Gasteiger partial charge is 0.0752 e. The van der Waals surface area contributed by atoms with Crippen LogP contribution in [0, 0.1) is 5.92 Å². The van der Waals surface area contributed by atoms with Crippen molar-refractivity contribution in [3.63, 3.8) is 0 Å². The highest BCUT2D eigenvalue weighted by atomic mass is 16.5. The molecule has 16 heavy (non-hydrogen) atoms. The van der Waals surface area contributed by atoms with Gasteiger partial charge in [-0.2, -0.15) is 0 Å². The van der Waals surface area contributed by atoms with Crippen molar-refractivity contribution in [2.75, 3.05) is 14.2 Å². The summed E-state index contributed by atoms with van der Waals surface area (Å²) in [5, 5.41) is 3.41. The van der Waals surface area contributed by atoms with Gasteiger partial charge in [0.25, 0.3) is 0 Å². The van der Waals surface area contributed by atoms with Crippen LogP contribution >= 0.6 is 0 Å². The average molecular weight is 225 g/mol. The van der Waals surface area contributed by atoms with Gasteiger partial charge in [-0.05, 0) is 38.6 Å². The first kappa shape index (κ1) is 13.7. The Morgan fingerprint density at radius 1 is 1.38 bits per heavy atom. The van der Waals surface area contributed by atoms with Crippen molar-refractivity contribution in [1.82, 2.24) is 5.32 Å². The molecule has 1 saturated carbocycles. The third kappa shape index (κ3) is 3.91. The Kier molecular flexibility index (Phi) is 6.74. The number of likely N-dealkylation sites (N-methyl/N-ethyl adjacent to an activating group) is 1. The van der Waals surface area contributed by atoms with Crippen molar-refractivity contribution < 1.29 is 4.74 Å². The number of methoxy groups -OCH3 is 1. The van der Waals surface area contributed by atoms with E-state index in [1.807, 2.05) is 20.2 Å². The predicted molar refractivity (Wildman–Crippen MR) is 69.7 cm³/mol. The fourth-order valence-electron chi connectivity index (χ4n) is 2.92. The molecule has 1 aliphatic rings.